The topological polar surface area (TPSA) is 8.17 Å². The Hall–Kier alpha value is -6.90. The molecule has 0 radical (unpaired) electrons. The molecule has 0 amide bonds. The van der Waals surface area contributed by atoms with Crippen molar-refractivity contribution in [2.24, 2.45) is 0 Å². The highest BCUT2D eigenvalue weighted by molar-refractivity contribution is 6.18. The maximum Gasteiger partial charge on any atom is 0.0629 e. The Morgan fingerprint density at radius 3 is 1.81 bits per heavy atom. The van der Waals surface area contributed by atoms with Crippen molar-refractivity contribution in [1.82, 2.24) is 4.57 Å². The van der Waals surface area contributed by atoms with Crippen LogP contribution < -0.4 is 4.90 Å². The van der Waals surface area contributed by atoms with Gasteiger partial charge in [-0.25, -0.2) is 0 Å². The second-order valence-corrected chi connectivity index (χ2v) is 12.9. The minimum atomic E-state index is -0.403. The van der Waals surface area contributed by atoms with Crippen LogP contribution in [0, 0.1) is 0 Å². The van der Waals surface area contributed by atoms with E-state index in [-0.39, 0.29) is 29.7 Å². The summed E-state index contributed by atoms with van der Waals surface area (Å²) in [6.45, 7) is 0. The summed E-state index contributed by atoms with van der Waals surface area (Å²) >= 11 is 0. The van der Waals surface area contributed by atoms with Gasteiger partial charge in [0, 0.05) is 32.8 Å². The Morgan fingerprint density at radius 2 is 0.981 bits per heavy atom. The number of hydrogen-bond acceptors (Lipinski definition) is 1. The Kier molecular flexibility index (Phi) is 6.01. The van der Waals surface area contributed by atoms with Crippen molar-refractivity contribution in [3.8, 4) is 27.9 Å². The molecule has 0 atom stereocenters. The quantitative estimate of drug-likeness (QED) is 0.171. The highest BCUT2D eigenvalue weighted by Gasteiger charge is 2.22. The zero-order chi connectivity index (χ0) is 38.8. The third-order valence-electron chi connectivity index (χ3n) is 10.1. The largest absolute Gasteiger partial charge is 0.309 e. The molecule has 10 rings (SSSR count). The highest BCUT2D eigenvalue weighted by atomic mass is 15.1. The number of nitrogens with zero attached hydrogens (tertiary/aromatic N) is 2. The average Bonchev–Trinajstić information content (AvgIpc) is 3.60. The molecule has 0 saturated heterocycles. The van der Waals surface area contributed by atoms with Gasteiger partial charge in [0.2, 0.25) is 0 Å². The van der Waals surface area contributed by atoms with Gasteiger partial charge in [-0.2, -0.15) is 0 Å². The zero-order valence-electron chi connectivity index (χ0n) is 33.1. The van der Waals surface area contributed by atoms with Gasteiger partial charge in [-0.1, -0.05) is 164 Å². The number of hydrogen-bond donors (Lipinski definition) is 0. The van der Waals surface area contributed by atoms with Gasteiger partial charge >= 0.3 is 0 Å². The molecule has 0 N–H and O–H groups in total. The third kappa shape index (κ3) is 4.88. The van der Waals surface area contributed by atoms with Gasteiger partial charge in [-0.15, -0.1) is 0 Å². The molecular weight excluding hydrogens is 629 g/mol. The van der Waals surface area contributed by atoms with E-state index in [4.69, 9.17) is 6.85 Å². The molecule has 9 aromatic carbocycles. The molecule has 1 heterocycles. The molecule has 0 aliphatic rings. The molecule has 0 aliphatic carbocycles. The van der Waals surface area contributed by atoms with E-state index in [2.05, 4.69) is 155 Å². The van der Waals surface area contributed by atoms with Crippen LogP contribution >= 0.6 is 0 Å². The standard InChI is InChI=1S/C50H34N2/c1-2-15-35(16-3-1)36-31-33-39(34-32-36)51(45-28-12-19-37-17-4-6-21-40(37)45)47-26-10-8-23-42(47)43-25-14-30-49-50(43)44-24-9-11-27-48(44)52(49)46-29-13-20-38-18-5-7-22-41(38)46/h1-34H/i1D,2D,3D,15D,16D. The molecule has 2 heteroatoms. The maximum absolute atomic E-state index is 8.63. The summed E-state index contributed by atoms with van der Waals surface area (Å²) in [5, 5.41) is 6.87. The Bertz CT molecular complexity index is 3160. The number of benzene rings is 9. The Balaban J connectivity index is 1.22. The number of para-hydroxylation sites is 2. The van der Waals surface area contributed by atoms with E-state index in [0.717, 1.165) is 66.5 Å². The predicted octanol–water partition coefficient (Wildman–Crippen LogP) is 13.9. The van der Waals surface area contributed by atoms with Gasteiger partial charge in [0.1, 0.15) is 0 Å². The van der Waals surface area contributed by atoms with Gasteiger partial charge < -0.3 is 9.47 Å². The van der Waals surface area contributed by atoms with Gasteiger partial charge in [0.25, 0.3) is 0 Å². The molecule has 52 heavy (non-hydrogen) atoms. The monoisotopic (exact) mass is 667 g/mol. The van der Waals surface area contributed by atoms with Gasteiger partial charge in [-0.05, 0) is 69.9 Å². The smallest absolute Gasteiger partial charge is 0.0629 e. The van der Waals surface area contributed by atoms with Crippen LogP contribution in [0.15, 0.2) is 206 Å². The van der Waals surface area contributed by atoms with Crippen molar-refractivity contribution in [1.29, 1.82) is 0 Å². The van der Waals surface area contributed by atoms with Crippen molar-refractivity contribution < 1.29 is 6.85 Å². The van der Waals surface area contributed by atoms with Crippen LogP contribution in [-0.4, -0.2) is 4.57 Å². The van der Waals surface area contributed by atoms with Crippen LogP contribution in [0.1, 0.15) is 6.85 Å². The predicted molar refractivity (Wildman–Crippen MR) is 221 cm³/mol. The molecule has 1 aromatic heterocycles. The average molecular weight is 668 g/mol. The molecule has 2 nitrogen and oxygen atoms in total. The van der Waals surface area contributed by atoms with E-state index in [0.29, 0.717) is 5.56 Å². The minimum absolute atomic E-state index is 0.180. The Morgan fingerprint density at radius 1 is 0.404 bits per heavy atom. The molecular formula is C50H34N2. The fourth-order valence-electron chi connectivity index (χ4n) is 7.79. The van der Waals surface area contributed by atoms with E-state index in [1.54, 1.807) is 0 Å². The summed E-state index contributed by atoms with van der Waals surface area (Å²) < 4.78 is 44.3. The highest BCUT2D eigenvalue weighted by Crippen LogP contribution is 2.47. The van der Waals surface area contributed by atoms with Crippen molar-refractivity contribution in [3.05, 3.63) is 206 Å². The summed E-state index contributed by atoms with van der Waals surface area (Å²) in [6, 6.07) is 59.5. The lowest BCUT2D eigenvalue weighted by Crippen LogP contribution is -2.11. The van der Waals surface area contributed by atoms with Crippen LogP contribution in [0.5, 0.6) is 0 Å². The number of rotatable bonds is 6. The normalized spacial score (nSPS) is 12.8. The van der Waals surface area contributed by atoms with Crippen LogP contribution in [0.2, 0.25) is 0 Å². The lowest BCUT2D eigenvalue weighted by Gasteiger charge is -2.29. The van der Waals surface area contributed by atoms with Crippen LogP contribution in [0.25, 0.3) is 71.3 Å². The molecule has 0 aliphatic heterocycles. The molecule has 0 saturated carbocycles. The summed E-state index contributed by atoms with van der Waals surface area (Å²) in [5.41, 5.74) is 9.06. The second-order valence-electron chi connectivity index (χ2n) is 12.9. The maximum atomic E-state index is 8.63. The lowest BCUT2D eigenvalue weighted by atomic mass is 9.96. The van der Waals surface area contributed by atoms with E-state index in [1.165, 1.54) is 10.8 Å². The lowest BCUT2D eigenvalue weighted by molar-refractivity contribution is 1.20. The first-order valence-corrected chi connectivity index (χ1v) is 17.5. The van der Waals surface area contributed by atoms with E-state index >= 15 is 0 Å². The fraction of sp³-hybridized carbons (Fsp3) is 0. The van der Waals surface area contributed by atoms with Crippen molar-refractivity contribution in [3.63, 3.8) is 0 Å². The molecule has 0 unspecified atom stereocenters. The summed E-state index contributed by atoms with van der Waals surface area (Å²) in [6.07, 6.45) is 0. The number of anilines is 3. The van der Waals surface area contributed by atoms with E-state index in [1.807, 2.05) is 30.3 Å². The first-order chi connectivity index (χ1) is 27.9. The van der Waals surface area contributed by atoms with Gasteiger partial charge in [0.05, 0.1) is 34.9 Å². The SMILES string of the molecule is [2H]c1c([2H])c([2H])c(-c2ccc(N(c3ccccc3-c3cccc4c3c3ccccc3n4-c3cccc4ccccc34)c3cccc4ccccc34)cc2)c([2H])c1[2H]. The number of aromatic nitrogens is 1. The molecule has 0 bridgehead atoms. The van der Waals surface area contributed by atoms with Gasteiger partial charge in [0.15, 0.2) is 0 Å². The van der Waals surface area contributed by atoms with Crippen molar-refractivity contribution >= 4 is 60.4 Å². The van der Waals surface area contributed by atoms with Crippen LogP contribution in [0.3, 0.4) is 0 Å². The molecule has 0 fully saturated rings. The van der Waals surface area contributed by atoms with Crippen molar-refractivity contribution in [2.45, 2.75) is 0 Å². The summed E-state index contributed by atoms with van der Waals surface area (Å²) in [7, 11) is 0. The van der Waals surface area contributed by atoms with Crippen LogP contribution in [0.4, 0.5) is 17.1 Å². The van der Waals surface area contributed by atoms with E-state index in [9.17, 15) is 0 Å². The summed E-state index contributed by atoms with van der Waals surface area (Å²) in [5.74, 6) is 0. The Labute approximate surface area is 310 Å². The summed E-state index contributed by atoms with van der Waals surface area (Å²) in [4.78, 5) is 2.27. The first-order valence-electron chi connectivity index (χ1n) is 20.0. The van der Waals surface area contributed by atoms with Gasteiger partial charge in [-0.3, -0.25) is 0 Å². The minimum Gasteiger partial charge on any atom is -0.309 e. The molecule has 10 aromatic rings. The fourth-order valence-corrected chi connectivity index (χ4v) is 7.79. The molecule has 244 valence electrons. The number of fused-ring (bicyclic) bond motifs is 5. The first kappa shape index (κ1) is 25.1. The second kappa shape index (κ2) is 12.5. The molecule has 0 spiro atoms. The zero-order valence-corrected chi connectivity index (χ0v) is 28.1. The van der Waals surface area contributed by atoms with E-state index < -0.39 is 6.04 Å². The van der Waals surface area contributed by atoms with Crippen molar-refractivity contribution in [2.75, 3.05) is 4.90 Å². The van der Waals surface area contributed by atoms with Crippen LogP contribution in [-0.2, 0) is 0 Å². The third-order valence-corrected chi connectivity index (χ3v) is 10.1.